The highest BCUT2D eigenvalue weighted by molar-refractivity contribution is 5.15. The van der Waals surface area contributed by atoms with Crippen LogP contribution in [0.15, 0.2) is 36.9 Å². The van der Waals surface area contributed by atoms with E-state index >= 15 is 0 Å². The number of nitrogens with zero attached hydrogens (tertiary/aromatic N) is 3. The van der Waals surface area contributed by atoms with E-state index in [0.29, 0.717) is 6.54 Å². The first-order chi connectivity index (χ1) is 6.34. The van der Waals surface area contributed by atoms with Gasteiger partial charge in [-0.15, -0.1) is 0 Å². The lowest BCUT2D eigenvalue weighted by molar-refractivity contribution is 0.624. The fraction of sp³-hybridized carbons (Fsp3) is 0.111. The molecule has 0 spiro atoms. The van der Waals surface area contributed by atoms with Crippen LogP contribution in [0.5, 0.6) is 0 Å². The van der Waals surface area contributed by atoms with Crippen LogP contribution in [0.3, 0.4) is 0 Å². The molecular formula is C9H8FN3. The van der Waals surface area contributed by atoms with E-state index in [9.17, 15) is 4.39 Å². The molecule has 0 N–H and O–H groups in total. The van der Waals surface area contributed by atoms with Crippen LogP contribution in [0, 0.1) is 5.82 Å². The standard InChI is InChI=1S/C9H8FN3/c10-9-3-1-8(2-4-9)5-13-7-11-6-12-13/h1-4,6-7H,5H2. The van der Waals surface area contributed by atoms with Gasteiger partial charge in [-0.25, -0.2) is 14.1 Å². The van der Waals surface area contributed by atoms with Crippen LogP contribution in [0.1, 0.15) is 5.56 Å². The van der Waals surface area contributed by atoms with Gasteiger partial charge in [0.25, 0.3) is 0 Å². The fourth-order valence-corrected chi connectivity index (χ4v) is 1.09. The summed E-state index contributed by atoms with van der Waals surface area (Å²) in [4.78, 5) is 3.81. The second kappa shape index (κ2) is 3.35. The van der Waals surface area contributed by atoms with E-state index < -0.39 is 0 Å². The normalized spacial score (nSPS) is 10.2. The van der Waals surface area contributed by atoms with Crippen molar-refractivity contribution in [2.24, 2.45) is 0 Å². The van der Waals surface area contributed by atoms with Crippen LogP contribution in [-0.4, -0.2) is 14.8 Å². The molecule has 0 aliphatic rings. The first-order valence-electron chi connectivity index (χ1n) is 3.91. The quantitative estimate of drug-likeness (QED) is 0.695. The van der Waals surface area contributed by atoms with Gasteiger partial charge >= 0.3 is 0 Å². The molecule has 3 nitrogen and oxygen atoms in total. The van der Waals surface area contributed by atoms with Crippen molar-refractivity contribution in [1.82, 2.24) is 14.8 Å². The van der Waals surface area contributed by atoms with Crippen LogP contribution >= 0.6 is 0 Å². The lowest BCUT2D eigenvalue weighted by Gasteiger charge is -1.99. The molecule has 1 aromatic carbocycles. The highest BCUT2D eigenvalue weighted by Gasteiger charge is 1.95. The van der Waals surface area contributed by atoms with E-state index in [4.69, 9.17) is 0 Å². The summed E-state index contributed by atoms with van der Waals surface area (Å²) in [5, 5.41) is 3.95. The molecule has 1 aromatic heterocycles. The van der Waals surface area contributed by atoms with Crippen LogP contribution in [0.4, 0.5) is 4.39 Å². The third kappa shape index (κ3) is 1.90. The van der Waals surface area contributed by atoms with Crippen molar-refractivity contribution < 1.29 is 4.39 Å². The summed E-state index contributed by atoms with van der Waals surface area (Å²) in [5.41, 5.74) is 1.01. The summed E-state index contributed by atoms with van der Waals surface area (Å²) >= 11 is 0. The highest BCUT2D eigenvalue weighted by Crippen LogP contribution is 2.03. The zero-order chi connectivity index (χ0) is 9.10. The molecule has 0 fully saturated rings. The molecule has 0 aliphatic heterocycles. The van der Waals surface area contributed by atoms with Gasteiger partial charge in [0.1, 0.15) is 18.5 Å². The van der Waals surface area contributed by atoms with Gasteiger partial charge in [0, 0.05) is 0 Å². The molecule has 13 heavy (non-hydrogen) atoms. The summed E-state index contributed by atoms with van der Waals surface area (Å²) in [6, 6.07) is 6.34. The first-order valence-corrected chi connectivity index (χ1v) is 3.91. The Kier molecular flexibility index (Phi) is 2.04. The number of aromatic nitrogens is 3. The van der Waals surface area contributed by atoms with Gasteiger partial charge in [-0.2, -0.15) is 5.10 Å². The molecule has 0 saturated heterocycles. The van der Waals surface area contributed by atoms with E-state index in [2.05, 4.69) is 10.1 Å². The second-order valence-electron chi connectivity index (χ2n) is 2.72. The molecule has 0 aliphatic carbocycles. The summed E-state index contributed by atoms with van der Waals surface area (Å²) in [6.07, 6.45) is 3.10. The maximum Gasteiger partial charge on any atom is 0.137 e. The second-order valence-corrected chi connectivity index (χ2v) is 2.72. The van der Waals surface area contributed by atoms with Crippen molar-refractivity contribution in [3.05, 3.63) is 48.3 Å². The average Bonchev–Trinajstić information content (AvgIpc) is 2.62. The third-order valence-electron chi connectivity index (χ3n) is 1.72. The van der Waals surface area contributed by atoms with Crippen molar-refractivity contribution in [2.45, 2.75) is 6.54 Å². The summed E-state index contributed by atoms with van der Waals surface area (Å²) in [6.45, 7) is 0.625. The Morgan fingerprint density at radius 3 is 2.62 bits per heavy atom. The zero-order valence-corrected chi connectivity index (χ0v) is 6.89. The average molecular weight is 177 g/mol. The number of rotatable bonds is 2. The van der Waals surface area contributed by atoms with Gasteiger partial charge in [-0.1, -0.05) is 12.1 Å². The Morgan fingerprint density at radius 1 is 1.23 bits per heavy atom. The van der Waals surface area contributed by atoms with E-state index in [1.165, 1.54) is 18.5 Å². The molecule has 0 amide bonds. The van der Waals surface area contributed by atoms with Gasteiger partial charge in [0.2, 0.25) is 0 Å². The smallest absolute Gasteiger partial charge is 0.137 e. The van der Waals surface area contributed by atoms with Crippen molar-refractivity contribution >= 4 is 0 Å². The third-order valence-corrected chi connectivity index (χ3v) is 1.72. The monoisotopic (exact) mass is 177 g/mol. The molecule has 66 valence electrons. The summed E-state index contributed by atoms with van der Waals surface area (Å²) < 4.78 is 14.2. The minimum absolute atomic E-state index is 0.220. The Labute approximate surface area is 74.8 Å². The Morgan fingerprint density at radius 2 is 2.00 bits per heavy atom. The number of hydrogen-bond acceptors (Lipinski definition) is 2. The lowest BCUT2D eigenvalue weighted by Crippen LogP contribution is -1.99. The van der Waals surface area contributed by atoms with E-state index in [-0.39, 0.29) is 5.82 Å². The van der Waals surface area contributed by atoms with Gasteiger partial charge in [0.15, 0.2) is 0 Å². The van der Waals surface area contributed by atoms with Crippen LogP contribution in [0.25, 0.3) is 0 Å². The minimum atomic E-state index is -0.220. The summed E-state index contributed by atoms with van der Waals surface area (Å²) in [7, 11) is 0. The van der Waals surface area contributed by atoms with Crippen LogP contribution in [0.2, 0.25) is 0 Å². The Bertz CT molecular complexity index is 366. The predicted octanol–water partition coefficient (Wildman–Crippen LogP) is 1.47. The molecule has 2 rings (SSSR count). The molecule has 0 saturated carbocycles. The maximum atomic E-state index is 12.5. The van der Waals surface area contributed by atoms with Crippen molar-refractivity contribution in [3.8, 4) is 0 Å². The van der Waals surface area contributed by atoms with Crippen molar-refractivity contribution in [1.29, 1.82) is 0 Å². The van der Waals surface area contributed by atoms with Gasteiger partial charge in [-0.05, 0) is 17.7 Å². The van der Waals surface area contributed by atoms with E-state index in [0.717, 1.165) is 5.56 Å². The molecule has 0 bridgehead atoms. The minimum Gasteiger partial charge on any atom is -0.249 e. The van der Waals surface area contributed by atoms with Gasteiger partial charge in [-0.3, -0.25) is 0 Å². The number of hydrogen-bond donors (Lipinski definition) is 0. The van der Waals surface area contributed by atoms with Crippen molar-refractivity contribution in [2.75, 3.05) is 0 Å². The highest BCUT2D eigenvalue weighted by atomic mass is 19.1. The predicted molar refractivity (Wildman–Crippen MR) is 45.5 cm³/mol. The van der Waals surface area contributed by atoms with Gasteiger partial charge in [0.05, 0.1) is 6.54 Å². The molecule has 1 heterocycles. The topological polar surface area (TPSA) is 30.7 Å². The Hall–Kier alpha value is -1.71. The maximum absolute atomic E-state index is 12.5. The van der Waals surface area contributed by atoms with Crippen LogP contribution < -0.4 is 0 Å². The van der Waals surface area contributed by atoms with Gasteiger partial charge < -0.3 is 0 Å². The molecule has 4 heteroatoms. The largest absolute Gasteiger partial charge is 0.249 e. The fourth-order valence-electron chi connectivity index (χ4n) is 1.09. The summed E-state index contributed by atoms with van der Waals surface area (Å²) in [5.74, 6) is -0.220. The number of benzene rings is 1. The lowest BCUT2D eigenvalue weighted by atomic mass is 10.2. The molecule has 2 aromatic rings. The molecule has 0 radical (unpaired) electrons. The van der Waals surface area contributed by atoms with E-state index in [1.54, 1.807) is 23.1 Å². The van der Waals surface area contributed by atoms with E-state index in [1.807, 2.05) is 0 Å². The molecule has 0 unspecified atom stereocenters. The number of halogens is 1. The first kappa shape index (κ1) is 7.91. The SMILES string of the molecule is Fc1ccc(Cn2cncn2)cc1. The van der Waals surface area contributed by atoms with Crippen molar-refractivity contribution in [3.63, 3.8) is 0 Å². The molecular weight excluding hydrogens is 169 g/mol. The molecule has 0 atom stereocenters. The zero-order valence-electron chi connectivity index (χ0n) is 6.89. The van der Waals surface area contributed by atoms with Crippen LogP contribution in [-0.2, 0) is 6.54 Å². The Balaban J connectivity index is 2.15.